The highest BCUT2D eigenvalue weighted by Gasteiger charge is 2.11. The van der Waals surface area contributed by atoms with Gasteiger partial charge in [-0.05, 0) is 55.5 Å². The van der Waals surface area contributed by atoms with Crippen LogP contribution >= 0.6 is 0 Å². The Hall–Kier alpha value is -3.55. The summed E-state index contributed by atoms with van der Waals surface area (Å²) in [6, 6.07) is 11.5. The molecular formula is C20H19FN2O5. The van der Waals surface area contributed by atoms with E-state index in [9.17, 15) is 23.6 Å². The van der Waals surface area contributed by atoms with Crippen LogP contribution in [0.5, 0.6) is 0 Å². The highest BCUT2D eigenvalue weighted by Crippen LogP contribution is 2.11. The molecule has 0 radical (unpaired) electrons. The summed E-state index contributed by atoms with van der Waals surface area (Å²) in [5.41, 5.74) is 1.39. The molecule has 2 aromatic rings. The third kappa shape index (κ3) is 6.99. The maximum Gasteiger partial charge on any atom is 0.306 e. The molecule has 28 heavy (non-hydrogen) atoms. The van der Waals surface area contributed by atoms with Gasteiger partial charge in [0.1, 0.15) is 5.82 Å². The average molecular weight is 386 g/mol. The van der Waals surface area contributed by atoms with Crippen LogP contribution in [0.4, 0.5) is 15.8 Å². The van der Waals surface area contributed by atoms with Crippen molar-refractivity contribution in [1.29, 1.82) is 0 Å². The summed E-state index contributed by atoms with van der Waals surface area (Å²) >= 11 is 0. The van der Waals surface area contributed by atoms with Crippen molar-refractivity contribution in [2.45, 2.75) is 19.8 Å². The first-order chi connectivity index (χ1) is 13.3. The van der Waals surface area contributed by atoms with Crippen molar-refractivity contribution in [1.82, 2.24) is 0 Å². The highest BCUT2D eigenvalue weighted by atomic mass is 19.1. The SMILES string of the molecule is CC(=O)c1ccc(NC(=O)COC(=O)CCC(=O)Nc2ccc(F)cc2)cc1. The van der Waals surface area contributed by atoms with E-state index in [-0.39, 0.29) is 18.6 Å². The van der Waals surface area contributed by atoms with E-state index in [0.717, 1.165) is 0 Å². The van der Waals surface area contributed by atoms with E-state index in [0.29, 0.717) is 16.9 Å². The fraction of sp³-hybridized carbons (Fsp3) is 0.200. The average Bonchev–Trinajstić information content (AvgIpc) is 2.67. The first kappa shape index (κ1) is 20.8. The lowest BCUT2D eigenvalue weighted by molar-refractivity contribution is -0.147. The van der Waals surface area contributed by atoms with Gasteiger partial charge < -0.3 is 15.4 Å². The Kier molecular flexibility index (Phi) is 7.38. The first-order valence-corrected chi connectivity index (χ1v) is 8.45. The largest absolute Gasteiger partial charge is 0.456 e. The van der Waals surface area contributed by atoms with Crippen molar-refractivity contribution >= 4 is 34.9 Å². The van der Waals surface area contributed by atoms with Gasteiger partial charge in [0.25, 0.3) is 5.91 Å². The van der Waals surface area contributed by atoms with Gasteiger partial charge in [0, 0.05) is 23.4 Å². The number of anilines is 2. The zero-order valence-electron chi connectivity index (χ0n) is 15.2. The van der Waals surface area contributed by atoms with E-state index >= 15 is 0 Å². The smallest absolute Gasteiger partial charge is 0.306 e. The van der Waals surface area contributed by atoms with E-state index in [1.165, 1.54) is 31.2 Å². The second-order valence-electron chi connectivity index (χ2n) is 5.90. The number of benzene rings is 2. The van der Waals surface area contributed by atoms with Gasteiger partial charge >= 0.3 is 5.97 Å². The predicted molar refractivity (Wildman–Crippen MR) is 100 cm³/mol. The van der Waals surface area contributed by atoms with Crippen molar-refractivity contribution < 1.29 is 28.3 Å². The number of carbonyl (C=O) groups is 4. The number of hydrogen-bond acceptors (Lipinski definition) is 5. The van der Waals surface area contributed by atoms with Gasteiger partial charge in [-0.15, -0.1) is 0 Å². The summed E-state index contributed by atoms with van der Waals surface area (Å²) in [4.78, 5) is 46.4. The zero-order valence-corrected chi connectivity index (χ0v) is 15.2. The van der Waals surface area contributed by atoms with E-state index in [1.54, 1.807) is 24.3 Å². The van der Waals surface area contributed by atoms with Gasteiger partial charge in [-0.25, -0.2) is 4.39 Å². The maximum atomic E-state index is 12.8. The Labute approximate surface area is 160 Å². The number of nitrogens with one attached hydrogen (secondary N) is 2. The lowest BCUT2D eigenvalue weighted by Crippen LogP contribution is -2.21. The highest BCUT2D eigenvalue weighted by molar-refractivity contribution is 5.96. The second kappa shape index (κ2) is 9.96. The van der Waals surface area contributed by atoms with E-state index in [4.69, 9.17) is 4.74 Å². The third-order valence-electron chi connectivity index (χ3n) is 3.62. The zero-order chi connectivity index (χ0) is 20.5. The minimum absolute atomic E-state index is 0.0877. The molecule has 2 amide bonds. The molecule has 2 N–H and O–H groups in total. The first-order valence-electron chi connectivity index (χ1n) is 8.45. The Balaban J connectivity index is 1.68. The van der Waals surface area contributed by atoms with Crippen LogP contribution in [0.3, 0.4) is 0 Å². The third-order valence-corrected chi connectivity index (χ3v) is 3.62. The number of amides is 2. The fourth-order valence-corrected chi connectivity index (χ4v) is 2.18. The molecule has 2 rings (SSSR count). The lowest BCUT2D eigenvalue weighted by atomic mass is 10.1. The molecule has 0 saturated carbocycles. The van der Waals surface area contributed by atoms with Gasteiger partial charge in [0.2, 0.25) is 5.91 Å². The van der Waals surface area contributed by atoms with Crippen molar-refractivity contribution in [3.05, 3.63) is 59.9 Å². The quantitative estimate of drug-likeness (QED) is 0.537. The molecule has 0 heterocycles. The number of rotatable bonds is 8. The van der Waals surface area contributed by atoms with Crippen molar-refractivity contribution in [3.63, 3.8) is 0 Å². The monoisotopic (exact) mass is 386 g/mol. The molecule has 146 valence electrons. The molecule has 0 aliphatic carbocycles. The summed E-state index contributed by atoms with van der Waals surface area (Å²) in [5.74, 6) is -2.18. The molecule has 0 aliphatic rings. The number of hydrogen-bond donors (Lipinski definition) is 2. The molecule has 0 bridgehead atoms. The molecule has 8 heteroatoms. The van der Waals surface area contributed by atoms with Crippen LogP contribution in [0.15, 0.2) is 48.5 Å². The summed E-state index contributed by atoms with van der Waals surface area (Å²) in [6.07, 6.45) is -0.335. The number of esters is 1. The molecule has 0 aliphatic heterocycles. The van der Waals surface area contributed by atoms with Crippen LogP contribution in [-0.2, 0) is 19.1 Å². The number of ether oxygens (including phenoxy) is 1. The van der Waals surface area contributed by atoms with E-state index < -0.39 is 30.2 Å². The van der Waals surface area contributed by atoms with Crippen LogP contribution in [0, 0.1) is 5.82 Å². The van der Waals surface area contributed by atoms with Gasteiger partial charge in [0.05, 0.1) is 6.42 Å². The summed E-state index contributed by atoms with van der Waals surface area (Å²) < 4.78 is 17.6. The molecular weight excluding hydrogens is 367 g/mol. The van der Waals surface area contributed by atoms with Crippen LogP contribution in [0.25, 0.3) is 0 Å². The van der Waals surface area contributed by atoms with Crippen molar-refractivity contribution in [2.24, 2.45) is 0 Å². The Morgan fingerprint density at radius 1 is 0.821 bits per heavy atom. The normalized spacial score (nSPS) is 10.1. The molecule has 0 spiro atoms. The number of halogens is 1. The Bertz CT molecular complexity index is 863. The van der Waals surface area contributed by atoms with Crippen LogP contribution in [0.1, 0.15) is 30.1 Å². The second-order valence-corrected chi connectivity index (χ2v) is 5.90. The van der Waals surface area contributed by atoms with Gasteiger partial charge in [0.15, 0.2) is 12.4 Å². The summed E-state index contributed by atoms with van der Waals surface area (Å²) in [6.45, 7) is 0.944. The maximum absolute atomic E-state index is 12.8. The minimum atomic E-state index is -0.698. The molecule has 0 unspecified atom stereocenters. The van der Waals surface area contributed by atoms with E-state index in [2.05, 4.69) is 10.6 Å². The topological polar surface area (TPSA) is 102 Å². The van der Waals surface area contributed by atoms with Gasteiger partial charge in [-0.2, -0.15) is 0 Å². The standard InChI is InChI=1S/C20H19FN2O5/c1-13(24)14-2-6-16(7-3-14)23-19(26)12-28-20(27)11-10-18(25)22-17-8-4-15(21)5-9-17/h2-9H,10-12H2,1H3,(H,22,25)(H,23,26). The van der Waals surface area contributed by atoms with Gasteiger partial charge in [-0.3, -0.25) is 19.2 Å². The molecule has 0 aromatic heterocycles. The molecule has 2 aromatic carbocycles. The van der Waals surface area contributed by atoms with Crippen molar-refractivity contribution in [2.75, 3.05) is 17.2 Å². The van der Waals surface area contributed by atoms with Gasteiger partial charge in [-0.1, -0.05) is 0 Å². The van der Waals surface area contributed by atoms with E-state index in [1.807, 2.05) is 0 Å². The Morgan fingerprint density at radius 3 is 1.93 bits per heavy atom. The Morgan fingerprint density at radius 2 is 1.36 bits per heavy atom. The molecule has 0 saturated heterocycles. The molecule has 7 nitrogen and oxygen atoms in total. The lowest BCUT2D eigenvalue weighted by Gasteiger charge is -2.07. The van der Waals surface area contributed by atoms with Crippen LogP contribution in [0.2, 0.25) is 0 Å². The minimum Gasteiger partial charge on any atom is -0.456 e. The van der Waals surface area contributed by atoms with Crippen LogP contribution < -0.4 is 10.6 Å². The molecule has 0 fully saturated rings. The fourth-order valence-electron chi connectivity index (χ4n) is 2.18. The number of carbonyl (C=O) groups excluding carboxylic acids is 4. The summed E-state index contributed by atoms with van der Waals surface area (Å²) in [7, 11) is 0. The number of ketones is 1. The summed E-state index contributed by atoms with van der Waals surface area (Å²) in [5, 5.41) is 5.05. The van der Waals surface area contributed by atoms with Crippen molar-refractivity contribution in [3.8, 4) is 0 Å². The predicted octanol–water partition coefficient (Wildman–Crippen LogP) is 2.93. The molecule has 0 atom stereocenters. The van der Waals surface area contributed by atoms with Crippen LogP contribution in [-0.4, -0.2) is 30.2 Å². The number of Topliss-reactive ketones (excluding diaryl/α,β-unsaturated/α-hetero) is 1.